The van der Waals surface area contributed by atoms with Crippen LogP contribution in [-0.4, -0.2) is 24.6 Å². The van der Waals surface area contributed by atoms with Gasteiger partial charge in [0.1, 0.15) is 0 Å². The molecule has 0 aromatic carbocycles. The van der Waals surface area contributed by atoms with Crippen LogP contribution in [-0.2, 0) is 58.4 Å². The second-order valence-corrected chi connectivity index (χ2v) is 11.1. The topological polar surface area (TPSA) is 138 Å². The van der Waals surface area contributed by atoms with Gasteiger partial charge in [0.05, 0.1) is 0 Å². The third-order valence-electron chi connectivity index (χ3n) is 2.44. The second-order valence-electron chi connectivity index (χ2n) is 3.71. The number of hydrogen-bond acceptors (Lipinski definition) is 6. The Balaban J connectivity index is -0.0000000594. The van der Waals surface area contributed by atoms with E-state index in [0.29, 0.717) is 0 Å². The molecule has 11 heteroatoms. The molecule has 0 rings (SSSR count). The molecule has 0 spiro atoms. The molecule has 0 aliphatic heterocycles. The molecule has 0 amide bonds. The van der Waals surface area contributed by atoms with Gasteiger partial charge >= 0.3 is 155 Å². The van der Waals surface area contributed by atoms with E-state index in [2.05, 4.69) is 0 Å². The van der Waals surface area contributed by atoms with Gasteiger partial charge in [-0.3, -0.25) is 0 Å². The standard InChI is InChI=1S/2C4H10O3P.3Zn/c2*1-3-8(5,6,7)4-2;;;/h2*3-4H2,1-2H3;;;/q2*-3;3*+2. The van der Waals surface area contributed by atoms with Crippen LogP contribution >= 0.6 is 14.6 Å². The minimum Gasteiger partial charge on any atom is 2.00 e. The van der Waals surface area contributed by atoms with Gasteiger partial charge in [-0.05, 0) is 0 Å². The summed E-state index contributed by atoms with van der Waals surface area (Å²) in [6, 6.07) is 0. The molecular formula is C8H20O6P2Zn3. The Labute approximate surface area is 154 Å². The summed E-state index contributed by atoms with van der Waals surface area (Å²) >= 11 is 0. The van der Waals surface area contributed by atoms with Crippen LogP contribution < -0.4 is 29.4 Å². The molecule has 0 N–H and O–H groups in total. The molecule has 0 aliphatic carbocycles. The summed E-state index contributed by atoms with van der Waals surface area (Å²) in [6.07, 6.45) is -1.10. The first-order chi connectivity index (χ1) is 6.78. The molecular weight excluding hydrogens is 450 g/mol. The largest absolute Gasteiger partial charge is 2.00 e. The van der Waals surface area contributed by atoms with Crippen molar-refractivity contribution in [3.8, 4) is 0 Å². The van der Waals surface area contributed by atoms with Gasteiger partial charge in [-0.25, -0.2) is 0 Å². The van der Waals surface area contributed by atoms with E-state index in [0.717, 1.165) is 0 Å². The van der Waals surface area contributed by atoms with Crippen LogP contribution in [0.4, 0.5) is 0 Å². The molecule has 6 nitrogen and oxygen atoms in total. The molecule has 0 saturated carbocycles. The predicted octanol–water partition coefficient (Wildman–Crippen LogP) is -3.20. The van der Waals surface area contributed by atoms with Gasteiger partial charge in [-0.15, -0.1) is 0 Å². The Bertz CT molecular complexity index is 186. The third kappa shape index (κ3) is 20.5. The van der Waals surface area contributed by atoms with E-state index in [1.165, 1.54) is 27.7 Å². The van der Waals surface area contributed by atoms with E-state index in [1.54, 1.807) is 0 Å². The van der Waals surface area contributed by atoms with E-state index in [4.69, 9.17) is 0 Å². The quantitative estimate of drug-likeness (QED) is 0.313. The third-order valence-corrected chi connectivity index (χ3v) is 7.33. The summed E-state index contributed by atoms with van der Waals surface area (Å²) in [5.41, 5.74) is 0. The maximum atomic E-state index is 10.4. The van der Waals surface area contributed by atoms with Gasteiger partial charge in [0.2, 0.25) is 0 Å². The van der Waals surface area contributed by atoms with Gasteiger partial charge in [0.15, 0.2) is 0 Å². The Hall–Kier alpha value is 2.49. The van der Waals surface area contributed by atoms with Gasteiger partial charge in [0.25, 0.3) is 0 Å². The van der Waals surface area contributed by atoms with Crippen LogP contribution in [0.1, 0.15) is 27.7 Å². The summed E-state index contributed by atoms with van der Waals surface area (Å²) in [7, 11) is -9.70. The Morgan fingerprint density at radius 1 is 0.474 bits per heavy atom. The zero-order chi connectivity index (χ0) is 13.7. The van der Waals surface area contributed by atoms with Crippen molar-refractivity contribution in [1.29, 1.82) is 0 Å². The van der Waals surface area contributed by atoms with Crippen LogP contribution in [0.25, 0.3) is 0 Å². The number of rotatable bonds is 4. The fourth-order valence-electron chi connectivity index (χ4n) is 0.447. The van der Waals surface area contributed by atoms with Crippen molar-refractivity contribution in [2.24, 2.45) is 0 Å². The van der Waals surface area contributed by atoms with Crippen LogP contribution in [0.15, 0.2) is 0 Å². The monoisotopic (exact) mass is 466 g/mol. The Morgan fingerprint density at radius 2 is 0.579 bits per heavy atom. The summed E-state index contributed by atoms with van der Waals surface area (Å²) in [4.78, 5) is 62.6. The van der Waals surface area contributed by atoms with E-state index in [-0.39, 0.29) is 83.1 Å². The normalized spacial score (nSPS) is 14.6. The van der Waals surface area contributed by atoms with Gasteiger partial charge < -0.3 is 0 Å². The second kappa shape index (κ2) is 11.1. The molecule has 0 aliphatic rings. The molecule has 0 fully saturated rings. The summed E-state index contributed by atoms with van der Waals surface area (Å²) in [5.74, 6) is 0. The fourth-order valence-corrected chi connectivity index (χ4v) is 1.34. The summed E-state index contributed by atoms with van der Waals surface area (Å²) in [5, 5.41) is 0. The smallest absolute Gasteiger partial charge is 2.00 e. The minimum absolute atomic E-state index is 0. The van der Waals surface area contributed by atoms with Crippen molar-refractivity contribution >= 4 is 14.6 Å². The average molecular weight is 470 g/mol. The van der Waals surface area contributed by atoms with E-state index < -0.39 is 14.6 Å². The van der Waals surface area contributed by atoms with Crippen molar-refractivity contribution in [3.63, 3.8) is 0 Å². The number of hydrogen-bond donors (Lipinski definition) is 0. The maximum absolute atomic E-state index is 10.4. The molecule has 0 atom stereocenters. The molecule has 0 radical (unpaired) electrons. The van der Waals surface area contributed by atoms with Crippen molar-refractivity contribution in [2.45, 2.75) is 27.7 Å². The van der Waals surface area contributed by atoms with Crippen LogP contribution in [0.2, 0.25) is 0 Å². The van der Waals surface area contributed by atoms with Crippen molar-refractivity contribution in [2.75, 3.05) is 24.6 Å². The molecule has 0 unspecified atom stereocenters. The van der Waals surface area contributed by atoms with Crippen molar-refractivity contribution in [1.82, 2.24) is 0 Å². The summed E-state index contributed by atoms with van der Waals surface area (Å²) < 4.78 is 0. The maximum Gasteiger partial charge on any atom is 2.00 e. The molecule has 104 valence electrons. The average Bonchev–Trinajstić information content (AvgIpc) is 2.19. The fraction of sp³-hybridized carbons (Fsp3) is 1.00. The van der Waals surface area contributed by atoms with Gasteiger partial charge in [-0.1, -0.05) is 0 Å². The van der Waals surface area contributed by atoms with Crippen LogP contribution in [0.5, 0.6) is 0 Å². The molecule has 0 aromatic heterocycles. The summed E-state index contributed by atoms with van der Waals surface area (Å²) in [6.45, 7) is 5.48. The van der Waals surface area contributed by atoms with E-state index in [9.17, 15) is 29.4 Å². The van der Waals surface area contributed by atoms with E-state index >= 15 is 0 Å². The van der Waals surface area contributed by atoms with Crippen LogP contribution in [0.3, 0.4) is 0 Å². The Morgan fingerprint density at radius 3 is 0.579 bits per heavy atom. The van der Waals surface area contributed by atoms with Crippen molar-refractivity contribution < 1.29 is 87.8 Å². The minimum atomic E-state index is -4.85. The first kappa shape index (κ1) is 33.2. The first-order valence-corrected chi connectivity index (χ1v) is 9.91. The zero-order valence-corrected chi connectivity index (χ0v) is 23.0. The molecule has 0 aromatic rings. The first-order valence-electron chi connectivity index (χ1n) is 5.19. The van der Waals surface area contributed by atoms with Crippen molar-refractivity contribution in [3.05, 3.63) is 0 Å². The Kier molecular flexibility index (Phi) is 19.4. The predicted molar refractivity (Wildman–Crippen MR) is 56.0 cm³/mol. The molecule has 0 heterocycles. The molecule has 19 heavy (non-hydrogen) atoms. The van der Waals surface area contributed by atoms with E-state index in [1.807, 2.05) is 0 Å². The SMILES string of the molecule is CCP([O-])([O-])([O-])CC.CCP([O-])([O-])([O-])CC.[Zn+2].[Zn+2].[Zn+2]. The van der Waals surface area contributed by atoms with Gasteiger partial charge in [0, 0.05) is 0 Å². The van der Waals surface area contributed by atoms with Gasteiger partial charge in [-0.2, -0.15) is 0 Å². The zero-order valence-electron chi connectivity index (χ0n) is 12.3. The molecule has 0 saturated heterocycles. The van der Waals surface area contributed by atoms with Crippen LogP contribution in [0, 0.1) is 0 Å². The molecule has 0 bridgehead atoms.